The number of para-hydroxylation sites is 2. The Labute approximate surface area is 530 Å². The molecule has 0 spiro atoms. The van der Waals surface area contributed by atoms with Crippen LogP contribution < -0.4 is 82.3 Å². The predicted octanol–water partition coefficient (Wildman–Crippen LogP) is 5.88. The van der Waals surface area contributed by atoms with Gasteiger partial charge in [0, 0.05) is 0 Å². The fraction of sp³-hybridized carbons (Fsp3) is 0.400. The maximum atomic E-state index is 4.97. The zero-order valence-electron chi connectivity index (χ0n) is 45.6. The standard InChI is InChI=1S/C24H34N3Se.C12H6I2NSe.C12H9NSe.2C6H15N.2HI.H2O/c1-5-13-26(14-6-2)19-9-11-21-23(17-19)28-24-18-20(10-12-22(24)25-21)27(15-7-3)16-8-4;13-7-1-3-9-11(5-7)16-12-6-8(14)2-4-10(12)15-9;1-3-7-11-9(5-1)13-10-6-2-4-8-12(10)14-11;1-4-7(5-2)6-3;1-3-5-7-6-4-2;;;/h9-12,17-18H,5-8,13-16H2,1-4H3;1-6H;1-8,13H;4-6H2,1-3H3;7H,3-6H2,1-2H3;2*1H;1H2/q2*+1;;;;;;/p-2. The summed E-state index contributed by atoms with van der Waals surface area (Å²) in [5, 5.41) is 8.10. The molecule has 3 aliphatic rings. The Morgan fingerprint density at radius 2 is 1.09 bits per heavy atom. The van der Waals surface area contributed by atoms with Gasteiger partial charge in [0.05, 0.1) is 0 Å². The van der Waals surface area contributed by atoms with Crippen LogP contribution in [0.5, 0.6) is 0 Å². The molecule has 9 rings (SSSR count). The second-order valence-electron chi connectivity index (χ2n) is 17.5. The van der Waals surface area contributed by atoms with Crippen molar-refractivity contribution in [3.63, 3.8) is 0 Å². The van der Waals surface area contributed by atoms with Gasteiger partial charge in [-0.3, -0.25) is 0 Å². The van der Waals surface area contributed by atoms with Gasteiger partial charge in [0.1, 0.15) is 0 Å². The number of fused-ring (bicyclic) bond motifs is 6. The van der Waals surface area contributed by atoms with Crippen molar-refractivity contribution in [2.75, 3.05) is 69.1 Å². The molecule has 0 atom stereocenters. The quantitative estimate of drug-likeness (QED) is 0.0414. The summed E-state index contributed by atoms with van der Waals surface area (Å²) in [5.74, 6) is 0. The van der Waals surface area contributed by atoms with Crippen LogP contribution in [0.1, 0.15) is 101 Å². The fourth-order valence-electron chi connectivity index (χ4n) is 8.12. The van der Waals surface area contributed by atoms with Crippen molar-refractivity contribution in [1.29, 1.82) is 0 Å². The van der Waals surface area contributed by atoms with Gasteiger partial charge in [-0.1, -0.05) is 34.6 Å². The minimum absolute atomic E-state index is 0. The van der Waals surface area contributed by atoms with Gasteiger partial charge in [-0.2, -0.15) is 0 Å². The molecule has 6 aromatic rings. The van der Waals surface area contributed by atoms with Crippen LogP contribution in [0.3, 0.4) is 0 Å². The molecular formula is C60H81I4N7OSe3. The zero-order chi connectivity index (χ0) is 51.7. The van der Waals surface area contributed by atoms with E-state index in [9.17, 15) is 0 Å². The summed E-state index contributed by atoms with van der Waals surface area (Å²) in [7, 11) is 0. The van der Waals surface area contributed by atoms with E-state index in [0.717, 1.165) is 48.4 Å². The van der Waals surface area contributed by atoms with E-state index < -0.39 is 0 Å². The summed E-state index contributed by atoms with van der Waals surface area (Å²) < 4.78 is 13.6. The Balaban J connectivity index is 0.000000350. The summed E-state index contributed by atoms with van der Waals surface area (Å²) in [6, 6.07) is 43.8. The molecule has 3 heterocycles. The number of hydrogen-bond donors (Lipinski definition) is 2. The molecular weight excluding hydrogens is 1580 g/mol. The van der Waals surface area contributed by atoms with Crippen LogP contribution in [0.25, 0.3) is 39.5 Å². The van der Waals surface area contributed by atoms with Gasteiger partial charge in [-0.25, -0.2) is 0 Å². The van der Waals surface area contributed by atoms with Crippen LogP contribution in [-0.2, 0) is 0 Å². The number of halogens is 4. The van der Waals surface area contributed by atoms with Crippen molar-refractivity contribution in [2.45, 2.75) is 101 Å². The number of benzene rings is 6. The van der Waals surface area contributed by atoms with E-state index in [2.05, 4.69) is 254 Å². The van der Waals surface area contributed by atoms with Gasteiger partial charge in [0.15, 0.2) is 0 Å². The topological polar surface area (TPSA) is 90.8 Å². The van der Waals surface area contributed by atoms with Crippen LogP contribution in [-0.4, -0.2) is 123 Å². The SMILES string of the molecule is CCCN(CCC)c1ccc2nc3ccc(=[N+](CCC)CCC)cc-3[se]c2c1.CCCNCCC.CCN(CC)CC.Ic1ccc2nc3ccc(I)cc3[se+]c2c1.O.[I-].[I-].c1ccc2c(c1)Nc1ccccc1[Se]2. The van der Waals surface area contributed by atoms with E-state index in [1.54, 1.807) is 0 Å². The first-order valence-corrected chi connectivity index (χ1v) is 33.6. The number of anilines is 3. The van der Waals surface area contributed by atoms with Crippen molar-refractivity contribution in [1.82, 2.24) is 24.8 Å². The average molecular weight is 1660 g/mol. The van der Waals surface area contributed by atoms with Gasteiger partial charge in [0.25, 0.3) is 0 Å². The van der Waals surface area contributed by atoms with E-state index in [1.807, 2.05) is 0 Å². The van der Waals surface area contributed by atoms with Crippen molar-refractivity contribution < 1.29 is 53.4 Å². The first kappa shape index (κ1) is 69.8. The summed E-state index contributed by atoms with van der Waals surface area (Å²) >= 11 is 5.88. The number of rotatable bonds is 16. The van der Waals surface area contributed by atoms with Crippen molar-refractivity contribution in [3.8, 4) is 10.1 Å². The molecule has 408 valence electrons. The van der Waals surface area contributed by atoms with Gasteiger partial charge in [-0.15, -0.1) is 0 Å². The Bertz CT molecular complexity index is 2750. The van der Waals surface area contributed by atoms with Crippen LogP contribution >= 0.6 is 45.2 Å². The fourth-order valence-corrected chi connectivity index (χ4v) is 16.5. The maximum absolute atomic E-state index is 4.97. The van der Waals surface area contributed by atoms with Crippen LogP contribution in [0.15, 0.2) is 121 Å². The number of nitrogens with one attached hydrogen (secondary N) is 2. The molecule has 8 nitrogen and oxygen atoms in total. The molecule has 15 heteroatoms. The molecule has 0 radical (unpaired) electrons. The average Bonchev–Trinajstić information content (AvgIpc) is 3.40. The van der Waals surface area contributed by atoms with Gasteiger partial charge in [-0.05, 0) is 45.6 Å². The summed E-state index contributed by atoms with van der Waals surface area (Å²) in [5.41, 5.74) is 8.52. The van der Waals surface area contributed by atoms with E-state index in [4.69, 9.17) is 9.97 Å². The number of nitrogens with zero attached hydrogens (tertiary/aromatic N) is 5. The molecule has 0 amide bonds. The molecule has 0 unspecified atom stereocenters. The normalized spacial score (nSPS) is 10.8. The van der Waals surface area contributed by atoms with E-state index in [-0.39, 0.29) is 53.4 Å². The van der Waals surface area contributed by atoms with Crippen LogP contribution in [0.2, 0.25) is 0 Å². The second-order valence-corrected chi connectivity index (χ2v) is 26.8. The Kier molecular flexibility index (Phi) is 36.4. The molecule has 5 aromatic carbocycles. The molecule has 1 aliphatic carbocycles. The number of hydrogen-bond acceptors (Lipinski definition) is 6. The van der Waals surface area contributed by atoms with E-state index >= 15 is 0 Å². The predicted molar refractivity (Wildman–Crippen MR) is 341 cm³/mol. The van der Waals surface area contributed by atoms with Gasteiger partial charge in [0.2, 0.25) is 0 Å². The molecule has 0 fully saturated rings. The van der Waals surface area contributed by atoms with Crippen LogP contribution in [0, 0.1) is 7.14 Å². The van der Waals surface area contributed by atoms with Crippen molar-refractivity contribution in [3.05, 3.63) is 134 Å². The first-order chi connectivity index (χ1) is 35.1. The summed E-state index contributed by atoms with van der Waals surface area (Å²) in [4.78, 5) is 14.6. The Morgan fingerprint density at radius 1 is 0.573 bits per heavy atom. The minimum atomic E-state index is 0. The summed E-state index contributed by atoms with van der Waals surface area (Å²) in [6.07, 6.45) is 7.24. The molecule has 4 N–H and O–H groups in total. The van der Waals surface area contributed by atoms with Crippen molar-refractivity contribution >= 4 is 144 Å². The second kappa shape index (κ2) is 39.1. The Morgan fingerprint density at radius 3 is 1.57 bits per heavy atom. The van der Waals surface area contributed by atoms with E-state index in [0.29, 0.717) is 44.0 Å². The number of aromatic nitrogens is 2. The zero-order valence-corrected chi connectivity index (χ0v) is 59.4. The molecule has 2 aliphatic heterocycles. The summed E-state index contributed by atoms with van der Waals surface area (Å²) in [6.45, 7) is 30.4. The van der Waals surface area contributed by atoms with Crippen LogP contribution in [0.4, 0.5) is 17.1 Å². The third kappa shape index (κ3) is 22.6. The van der Waals surface area contributed by atoms with Gasteiger partial charge >= 0.3 is 393 Å². The first-order valence-electron chi connectivity index (χ1n) is 26.3. The molecule has 0 saturated carbocycles. The third-order valence-electron chi connectivity index (χ3n) is 11.8. The Hall–Kier alpha value is -1.32. The molecule has 1 aromatic heterocycles. The van der Waals surface area contributed by atoms with Gasteiger partial charge < -0.3 is 63.6 Å². The monoisotopic (exact) mass is 1660 g/mol. The molecule has 75 heavy (non-hydrogen) atoms. The molecule has 0 saturated heterocycles. The van der Waals surface area contributed by atoms with E-state index in [1.165, 1.54) is 127 Å². The molecule has 0 bridgehead atoms. The third-order valence-corrected chi connectivity index (χ3v) is 20.2. The van der Waals surface area contributed by atoms with Crippen molar-refractivity contribution in [2.24, 2.45) is 0 Å².